The van der Waals surface area contributed by atoms with Crippen LogP contribution in [0.2, 0.25) is 10.0 Å². The molecule has 0 spiro atoms. The number of hydrogen-bond donors (Lipinski definition) is 1. The highest BCUT2D eigenvalue weighted by Crippen LogP contribution is 2.31. The SMILES string of the molecule is CCC1(NCC(=O)N(C)c2ccc(Cl)cc2C(=O)c2ccccc2Cl)CCCCC1. The lowest BCUT2D eigenvalue weighted by Crippen LogP contribution is -2.50. The van der Waals surface area contributed by atoms with Gasteiger partial charge in [0, 0.05) is 28.7 Å². The van der Waals surface area contributed by atoms with Gasteiger partial charge in [0.25, 0.3) is 0 Å². The standard InChI is InChI=1S/C24H28Cl2N2O2/c1-3-24(13-7-4-8-14-24)27-16-22(29)28(2)21-12-11-17(25)15-19(21)23(30)18-9-5-6-10-20(18)26/h5-6,9-12,15,27H,3-4,7-8,13-14,16H2,1-2H3. The molecule has 2 aromatic carbocycles. The number of ketones is 1. The summed E-state index contributed by atoms with van der Waals surface area (Å²) in [6.07, 6.45) is 6.84. The Morgan fingerprint density at radius 3 is 2.40 bits per heavy atom. The van der Waals surface area contributed by atoms with Crippen LogP contribution >= 0.6 is 23.2 Å². The van der Waals surface area contributed by atoms with E-state index in [4.69, 9.17) is 23.2 Å². The lowest BCUT2D eigenvalue weighted by molar-refractivity contribution is -0.118. The van der Waals surface area contributed by atoms with Crippen LogP contribution in [0.4, 0.5) is 5.69 Å². The molecule has 0 atom stereocenters. The van der Waals surface area contributed by atoms with Crippen LogP contribution in [0.5, 0.6) is 0 Å². The van der Waals surface area contributed by atoms with Gasteiger partial charge in [-0.05, 0) is 49.6 Å². The fraction of sp³-hybridized carbons (Fsp3) is 0.417. The monoisotopic (exact) mass is 446 g/mol. The minimum Gasteiger partial charge on any atom is -0.314 e. The molecule has 4 nitrogen and oxygen atoms in total. The molecule has 1 fully saturated rings. The molecule has 6 heteroatoms. The number of rotatable bonds is 7. The Balaban J connectivity index is 1.82. The van der Waals surface area contributed by atoms with Crippen molar-refractivity contribution in [2.75, 3.05) is 18.5 Å². The van der Waals surface area contributed by atoms with Crippen molar-refractivity contribution in [3.63, 3.8) is 0 Å². The number of carbonyl (C=O) groups is 2. The van der Waals surface area contributed by atoms with Gasteiger partial charge in [0.2, 0.25) is 5.91 Å². The van der Waals surface area contributed by atoms with Crippen molar-refractivity contribution in [2.24, 2.45) is 0 Å². The van der Waals surface area contributed by atoms with Gasteiger partial charge in [-0.15, -0.1) is 0 Å². The quantitative estimate of drug-likeness (QED) is 0.539. The fourth-order valence-electron chi connectivity index (χ4n) is 4.17. The van der Waals surface area contributed by atoms with E-state index in [9.17, 15) is 9.59 Å². The smallest absolute Gasteiger partial charge is 0.240 e. The summed E-state index contributed by atoms with van der Waals surface area (Å²) < 4.78 is 0. The number of likely N-dealkylation sites (N-methyl/N-ethyl adjacent to an activating group) is 1. The number of carbonyl (C=O) groups excluding carboxylic acids is 2. The van der Waals surface area contributed by atoms with Crippen LogP contribution in [-0.2, 0) is 4.79 Å². The summed E-state index contributed by atoms with van der Waals surface area (Å²) in [6, 6.07) is 11.9. The van der Waals surface area contributed by atoms with E-state index in [0.717, 1.165) is 19.3 Å². The minimum atomic E-state index is -0.261. The summed E-state index contributed by atoms with van der Waals surface area (Å²) in [7, 11) is 1.69. The number of anilines is 1. The second-order valence-corrected chi connectivity index (χ2v) is 8.81. The van der Waals surface area contributed by atoms with E-state index in [-0.39, 0.29) is 23.8 Å². The molecule has 3 rings (SSSR count). The highest BCUT2D eigenvalue weighted by molar-refractivity contribution is 6.36. The molecule has 0 saturated heterocycles. The van der Waals surface area contributed by atoms with E-state index in [1.807, 2.05) is 0 Å². The third-order valence-corrected chi connectivity index (χ3v) is 6.72. The Morgan fingerprint density at radius 1 is 1.03 bits per heavy atom. The van der Waals surface area contributed by atoms with Crippen LogP contribution in [0.25, 0.3) is 0 Å². The topological polar surface area (TPSA) is 49.4 Å². The average molecular weight is 447 g/mol. The minimum absolute atomic E-state index is 0.0327. The maximum absolute atomic E-state index is 13.2. The number of benzene rings is 2. The molecule has 1 saturated carbocycles. The lowest BCUT2D eigenvalue weighted by atomic mass is 9.80. The molecule has 1 aliphatic carbocycles. The number of halogens is 2. The first-order valence-electron chi connectivity index (χ1n) is 10.5. The first-order valence-corrected chi connectivity index (χ1v) is 11.2. The van der Waals surface area contributed by atoms with Crippen LogP contribution in [0, 0.1) is 0 Å². The van der Waals surface area contributed by atoms with Gasteiger partial charge in [0.05, 0.1) is 17.3 Å². The molecule has 30 heavy (non-hydrogen) atoms. The maximum Gasteiger partial charge on any atom is 0.240 e. The van der Waals surface area contributed by atoms with Gasteiger partial charge >= 0.3 is 0 Å². The highest BCUT2D eigenvalue weighted by atomic mass is 35.5. The summed E-state index contributed by atoms with van der Waals surface area (Å²) in [5.41, 5.74) is 1.29. The predicted molar refractivity (Wildman–Crippen MR) is 124 cm³/mol. The Bertz CT molecular complexity index is 923. The van der Waals surface area contributed by atoms with E-state index in [1.54, 1.807) is 49.5 Å². The van der Waals surface area contributed by atoms with Crippen LogP contribution in [0.15, 0.2) is 42.5 Å². The molecule has 0 heterocycles. The molecule has 0 radical (unpaired) electrons. The number of nitrogens with one attached hydrogen (secondary N) is 1. The molecule has 1 N–H and O–H groups in total. The maximum atomic E-state index is 13.2. The summed E-state index contributed by atoms with van der Waals surface area (Å²) in [5, 5.41) is 4.31. The van der Waals surface area contributed by atoms with Crippen molar-refractivity contribution in [1.29, 1.82) is 0 Å². The Labute approximate surface area is 188 Å². The highest BCUT2D eigenvalue weighted by Gasteiger charge is 2.31. The van der Waals surface area contributed by atoms with Gasteiger partial charge in [0.1, 0.15) is 0 Å². The fourth-order valence-corrected chi connectivity index (χ4v) is 4.57. The third-order valence-electron chi connectivity index (χ3n) is 6.16. The second-order valence-electron chi connectivity index (χ2n) is 7.97. The summed E-state index contributed by atoms with van der Waals surface area (Å²) >= 11 is 12.4. The molecule has 160 valence electrons. The van der Waals surface area contributed by atoms with Crippen molar-refractivity contribution < 1.29 is 9.59 Å². The number of hydrogen-bond acceptors (Lipinski definition) is 3. The van der Waals surface area contributed by atoms with Crippen LogP contribution in [-0.4, -0.2) is 30.8 Å². The molecule has 0 bridgehead atoms. The van der Waals surface area contributed by atoms with E-state index >= 15 is 0 Å². The summed E-state index contributed by atoms with van der Waals surface area (Å²) in [6.45, 7) is 2.40. The molecular formula is C24H28Cl2N2O2. The van der Waals surface area contributed by atoms with Crippen molar-refractivity contribution in [1.82, 2.24) is 5.32 Å². The molecule has 0 aliphatic heterocycles. The van der Waals surface area contributed by atoms with Gasteiger partial charge in [-0.2, -0.15) is 0 Å². The van der Waals surface area contributed by atoms with Crippen molar-refractivity contribution >= 4 is 40.6 Å². The zero-order valence-corrected chi connectivity index (χ0v) is 19.0. The second kappa shape index (κ2) is 9.95. The van der Waals surface area contributed by atoms with Crippen molar-refractivity contribution in [3.05, 3.63) is 63.6 Å². The van der Waals surface area contributed by atoms with Crippen molar-refractivity contribution in [2.45, 2.75) is 51.0 Å². The van der Waals surface area contributed by atoms with E-state index in [2.05, 4.69) is 12.2 Å². The molecule has 0 unspecified atom stereocenters. The summed E-state index contributed by atoms with van der Waals surface area (Å²) in [4.78, 5) is 27.7. The largest absolute Gasteiger partial charge is 0.314 e. The van der Waals surface area contributed by atoms with Crippen LogP contribution < -0.4 is 10.2 Å². The van der Waals surface area contributed by atoms with E-state index in [1.165, 1.54) is 24.2 Å². The molecule has 1 aliphatic rings. The lowest BCUT2D eigenvalue weighted by Gasteiger charge is -2.38. The first kappa shape index (κ1) is 22.8. The van der Waals surface area contributed by atoms with E-state index < -0.39 is 0 Å². The van der Waals surface area contributed by atoms with Gasteiger partial charge in [-0.25, -0.2) is 0 Å². The van der Waals surface area contributed by atoms with Crippen LogP contribution in [0.3, 0.4) is 0 Å². The summed E-state index contributed by atoms with van der Waals surface area (Å²) in [5.74, 6) is -0.355. The average Bonchev–Trinajstić information content (AvgIpc) is 2.77. The Hall–Kier alpha value is -1.88. The molecule has 1 amide bonds. The molecular weight excluding hydrogens is 419 g/mol. The molecule has 0 aromatic heterocycles. The van der Waals surface area contributed by atoms with E-state index in [0.29, 0.717) is 26.9 Å². The van der Waals surface area contributed by atoms with Crippen LogP contribution in [0.1, 0.15) is 61.4 Å². The van der Waals surface area contributed by atoms with Gasteiger partial charge in [0.15, 0.2) is 5.78 Å². The van der Waals surface area contributed by atoms with Crippen molar-refractivity contribution in [3.8, 4) is 0 Å². The Morgan fingerprint density at radius 2 is 1.73 bits per heavy atom. The predicted octanol–water partition coefficient (Wildman–Crippen LogP) is 5.89. The Kier molecular flexibility index (Phi) is 7.56. The number of nitrogens with zero attached hydrogens (tertiary/aromatic N) is 1. The normalized spacial score (nSPS) is 15.6. The zero-order chi connectivity index (χ0) is 21.7. The third kappa shape index (κ3) is 5.05. The first-order chi connectivity index (χ1) is 14.4. The number of amides is 1. The van der Waals surface area contributed by atoms with Gasteiger partial charge in [-0.1, -0.05) is 61.5 Å². The van der Waals surface area contributed by atoms with Gasteiger partial charge in [-0.3, -0.25) is 9.59 Å². The molecule has 2 aromatic rings. The van der Waals surface area contributed by atoms with Gasteiger partial charge < -0.3 is 10.2 Å². The zero-order valence-electron chi connectivity index (χ0n) is 17.5.